The van der Waals surface area contributed by atoms with Crippen molar-refractivity contribution >= 4 is 12.4 Å². The van der Waals surface area contributed by atoms with Crippen LogP contribution in [0.5, 0.6) is 0 Å². The summed E-state index contributed by atoms with van der Waals surface area (Å²) >= 11 is 0. The molecule has 2 N–H and O–H groups in total. The van der Waals surface area contributed by atoms with Crippen LogP contribution in [0.2, 0.25) is 0 Å². The molecule has 1 aromatic carbocycles. The van der Waals surface area contributed by atoms with E-state index in [2.05, 4.69) is 0 Å². The van der Waals surface area contributed by atoms with E-state index < -0.39 is 11.7 Å². The van der Waals surface area contributed by atoms with E-state index in [1.54, 1.807) is 0 Å². The first-order chi connectivity index (χ1) is 6.39. The van der Waals surface area contributed by atoms with Gasteiger partial charge in [-0.3, -0.25) is 0 Å². The Morgan fingerprint density at radius 3 is 2.00 bits per heavy atom. The fraction of sp³-hybridized carbons (Fsp3) is 0.400. The van der Waals surface area contributed by atoms with Crippen molar-refractivity contribution in [1.29, 1.82) is 0 Å². The lowest BCUT2D eigenvalue weighted by Crippen LogP contribution is -2.17. The number of halogens is 4. The van der Waals surface area contributed by atoms with Gasteiger partial charge >= 0.3 is 6.18 Å². The van der Waals surface area contributed by atoms with E-state index in [4.69, 9.17) is 5.73 Å². The molecular weight excluding hydrogens is 227 g/mol. The van der Waals surface area contributed by atoms with Crippen molar-refractivity contribution in [3.8, 4) is 0 Å². The molecule has 1 atom stereocenters. The summed E-state index contributed by atoms with van der Waals surface area (Å²) in [4.78, 5) is 0. The van der Waals surface area contributed by atoms with Gasteiger partial charge in [0.05, 0.1) is 5.56 Å². The van der Waals surface area contributed by atoms with Crippen molar-refractivity contribution in [3.05, 3.63) is 35.4 Å². The summed E-state index contributed by atoms with van der Waals surface area (Å²) in [5, 5.41) is 0. The Balaban J connectivity index is 0.00000196. The molecule has 1 unspecified atom stereocenters. The van der Waals surface area contributed by atoms with Gasteiger partial charge in [0.2, 0.25) is 0 Å². The van der Waals surface area contributed by atoms with Crippen LogP contribution in [0.25, 0.3) is 0 Å². The summed E-state index contributed by atoms with van der Waals surface area (Å²) < 4.78 is 36.5. The summed E-state index contributed by atoms with van der Waals surface area (Å²) in [6.07, 6.45) is -3.66. The molecule has 0 radical (unpaired) electrons. The van der Waals surface area contributed by atoms with Crippen molar-refractivity contribution in [1.82, 2.24) is 0 Å². The normalized spacial score (nSPS) is 13.1. The second-order valence-electron chi connectivity index (χ2n) is 3.38. The molecule has 0 aromatic heterocycles. The maximum Gasteiger partial charge on any atom is 0.416 e. The topological polar surface area (TPSA) is 26.0 Å². The lowest BCUT2D eigenvalue weighted by atomic mass is 10.1. The third-order valence-electron chi connectivity index (χ3n) is 1.84. The highest BCUT2D eigenvalue weighted by Gasteiger charge is 2.29. The average Bonchev–Trinajstić information content (AvgIpc) is 2.02. The van der Waals surface area contributed by atoms with E-state index in [1.807, 2.05) is 6.92 Å². The highest BCUT2D eigenvalue weighted by atomic mass is 35.5. The van der Waals surface area contributed by atoms with Gasteiger partial charge in [0, 0.05) is 6.04 Å². The predicted octanol–water partition coefficient (Wildman–Crippen LogP) is 3.02. The Bertz CT molecular complexity index is 293. The minimum absolute atomic E-state index is 0. The standard InChI is InChI=1S/C10H12F3N.ClH/c1-7(14)6-8-2-4-9(5-3-8)10(11,12)13;/h2-5,7H,6,14H2,1H3;1H. The first kappa shape index (κ1) is 14.3. The second-order valence-corrected chi connectivity index (χ2v) is 3.38. The first-order valence-electron chi connectivity index (χ1n) is 4.31. The van der Waals surface area contributed by atoms with Crippen LogP contribution in [0, 0.1) is 0 Å². The number of nitrogens with two attached hydrogens (primary N) is 1. The SMILES string of the molecule is CC(N)Cc1ccc(C(F)(F)F)cc1.Cl. The minimum atomic E-state index is -4.26. The van der Waals surface area contributed by atoms with Crippen LogP contribution in [0.15, 0.2) is 24.3 Å². The quantitative estimate of drug-likeness (QED) is 0.844. The highest BCUT2D eigenvalue weighted by molar-refractivity contribution is 5.85. The number of hydrogen-bond donors (Lipinski definition) is 1. The van der Waals surface area contributed by atoms with Crippen molar-refractivity contribution in [2.24, 2.45) is 5.73 Å². The molecule has 0 amide bonds. The van der Waals surface area contributed by atoms with Crippen molar-refractivity contribution < 1.29 is 13.2 Å². The molecule has 0 saturated carbocycles. The Morgan fingerprint density at radius 1 is 1.20 bits per heavy atom. The summed E-state index contributed by atoms with van der Waals surface area (Å²) in [7, 11) is 0. The Kier molecular flexibility index (Phi) is 5.11. The van der Waals surface area contributed by atoms with E-state index in [1.165, 1.54) is 12.1 Å². The molecular formula is C10H13ClF3N. The molecule has 1 rings (SSSR count). The average molecular weight is 240 g/mol. The summed E-state index contributed by atoms with van der Waals surface area (Å²) in [5.41, 5.74) is 5.73. The number of rotatable bonds is 2. The van der Waals surface area contributed by atoms with Gasteiger partial charge in [-0.15, -0.1) is 12.4 Å². The van der Waals surface area contributed by atoms with Crippen LogP contribution in [0.4, 0.5) is 13.2 Å². The zero-order valence-electron chi connectivity index (χ0n) is 8.21. The predicted molar refractivity (Wildman–Crippen MR) is 56.0 cm³/mol. The number of benzene rings is 1. The van der Waals surface area contributed by atoms with Gasteiger partial charge in [-0.2, -0.15) is 13.2 Å². The number of alkyl halides is 3. The molecule has 0 aliphatic heterocycles. The maximum atomic E-state index is 12.2. The van der Waals surface area contributed by atoms with E-state index in [0.717, 1.165) is 17.7 Å². The molecule has 0 bridgehead atoms. The van der Waals surface area contributed by atoms with E-state index >= 15 is 0 Å². The van der Waals surface area contributed by atoms with Crippen LogP contribution in [0.1, 0.15) is 18.1 Å². The molecule has 15 heavy (non-hydrogen) atoms. The first-order valence-corrected chi connectivity index (χ1v) is 4.31. The third-order valence-corrected chi connectivity index (χ3v) is 1.84. The maximum absolute atomic E-state index is 12.2. The zero-order chi connectivity index (χ0) is 10.8. The van der Waals surface area contributed by atoms with Gasteiger partial charge < -0.3 is 5.73 Å². The zero-order valence-corrected chi connectivity index (χ0v) is 9.03. The lowest BCUT2D eigenvalue weighted by Gasteiger charge is -2.08. The van der Waals surface area contributed by atoms with Crippen LogP contribution in [-0.2, 0) is 12.6 Å². The van der Waals surface area contributed by atoms with Gasteiger partial charge in [0.1, 0.15) is 0 Å². The van der Waals surface area contributed by atoms with Gasteiger partial charge in [0.15, 0.2) is 0 Å². The fourth-order valence-electron chi connectivity index (χ4n) is 1.20. The summed E-state index contributed by atoms with van der Waals surface area (Å²) in [6, 6.07) is 5.06. The molecule has 5 heteroatoms. The summed E-state index contributed by atoms with van der Waals surface area (Å²) in [6.45, 7) is 1.82. The summed E-state index contributed by atoms with van der Waals surface area (Å²) in [5.74, 6) is 0. The largest absolute Gasteiger partial charge is 0.416 e. The monoisotopic (exact) mass is 239 g/mol. The van der Waals surface area contributed by atoms with Gasteiger partial charge in [-0.05, 0) is 31.0 Å². The van der Waals surface area contributed by atoms with Crippen LogP contribution in [0.3, 0.4) is 0 Å². The molecule has 0 heterocycles. The van der Waals surface area contributed by atoms with Crippen LogP contribution in [-0.4, -0.2) is 6.04 Å². The van der Waals surface area contributed by atoms with E-state index in [0.29, 0.717) is 6.42 Å². The van der Waals surface area contributed by atoms with Crippen LogP contribution < -0.4 is 5.73 Å². The van der Waals surface area contributed by atoms with Gasteiger partial charge in [-0.1, -0.05) is 12.1 Å². The molecule has 0 spiro atoms. The van der Waals surface area contributed by atoms with Crippen molar-refractivity contribution in [3.63, 3.8) is 0 Å². The van der Waals surface area contributed by atoms with Crippen LogP contribution >= 0.6 is 12.4 Å². The van der Waals surface area contributed by atoms with Gasteiger partial charge in [-0.25, -0.2) is 0 Å². The van der Waals surface area contributed by atoms with Crippen molar-refractivity contribution in [2.75, 3.05) is 0 Å². The number of hydrogen-bond acceptors (Lipinski definition) is 1. The van der Waals surface area contributed by atoms with Gasteiger partial charge in [0.25, 0.3) is 0 Å². The second kappa shape index (κ2) is 5.37. The third kappa shape index (κ3) is 4.53. The Labute approximate surface area is 92.9 Å². The van der Waals surface area contributed by atoms with E-state index in [9.17, 15) is 13.2 Å². The van der Waals surface area contributed by atoms with E-state index in [-0.39, 0.29) is 18.4 Å². The Hall–Kier alpha value is -0.740. The molecule has 0 aliphatic rings. The molecule has 1 nitrogen and oxygen atoms in total. The smallest absolute Gasteiger partial charge is 0.328 e. The molecule has 0 aliphatic carbocycles. The Morgan fingerprint density at radius 2 is 1.67 bits per heavy atom. The minimum Gasteiger partial charge on any atom is -0.328 e. The fourth-order valence-corrected chi connectivity index (χ4v) is 1.20. The van der Waals surface area contributed by atoms with Crippen molar-refractivity contribution in [2.45, 2.75) is 25.6 Å². The molecule has 0 fully saturated rings. The lowest BCUT2D eigenvalue weighted by molar-refractivity contribution is -0.137. The molecule has 0 saturated heterocycles. The highest BCUT2D eigenvalue weighted by Crippen LogP contribution is 2.29. The molecule has 1 aromatic rings. The molecule has 86 valence electrons.